The Kier molecular flexibility index (Phi) is 6.28. The van der Waals surface area contributed by atoms with E-state index < -0.39 is 12.5 Å². The van der Waals surface area contributed by atoms with Crippen molar-refractivity contribution in [3.8, 4) is 0 Å². The summed E-state index contributed by atoms with van der Waals surface area (Å²) in [5.41, 5.74) is 2.76. The zero-order chi connectivity index (χ0) is 23.0. The molecule has 0 radical (unpaired) electrons. The Balaban J connectivity index is 1.49. The van der Waals surface area contributed by atoms with E-state index in [0.717, 1.165) is 36.2 Å². The monoisotopic (exact) mass is 444 g/mol. The van der Waals surface area contributed by atoms with Gasteiger partial charge in [0, 0.05) is 30.6 Å². The topological polar surface area (TPSA) is 50.2 Å². The molecule has 1 aromatic heterocycles. The molecule has 2 aliphatic heterocycles. The van der Waals surface area contributed by atoms with Crippen LogP contribution in [0.3, 0.4) is 0 Å². The van der Waals surface area contributed by atoms with Crippen LogP contribution in [0.25, 0.3) is 0 Å². The van der Waals surface area contributed by atoms with Gasteiger partial charge in [-0.1, -0.05) is 45.0 Å². The number of benzene rings is 1. The molecule has 0 bridgehead atoms. The summed E-state index contributed by atoms with van der Waals surface area (Å²) in [4.78, 5) is 14.9. The number of piperidine rings is 1. The van der Waals surface area contributed by atoms with Gasteiger partial charge in [0.1, 0.15) is 11.9 Å². The zero-order valence-corrected chi connectivity index (χ0v) is 19.4. The second-order valence-corrected chi connectivity index (χ2v) is 10.3. The molecule has 174 valence electrons. The second kappa shape index (κ2) is 8.83. The maximum absolute atomic E-state index is 14.0. The van der Waals surface area contributed by atoms with Crippen LogP contribution in [0, 0.1) is 12.8 Å². The Morgan fingerprint density at radius 3 is 2.72 bits per heavy atom. The van der Waals surface area contributed by atoms with Crippen LogP contribution >= 0.6 is 0 Å². The molecule has 3 atom stereocenters. The molecule has 1 N–H and O–H groups in total. The van der Waals surface area contributed by atoms with Crippen molar-refractivity contribution in [3.63, 3.8) is 0 Å². The third kappa shape index (κ3) is 4.66. The minimum atomic E-state index is -2.48. The van der Waals surface area contributed by atoms with Gasteiger partial charge in [-0.2, -0.15) is 5.10 Å². The fourth-order valence-electron chi connectivity index (χ4n) is 4.90. The number of likely N-dealkylation sites (tertiary alicyclic amines) is 1. The number of carbonyl (C=O) groups is 1. The van der Waals surface area contributed by atoms with Crippen LogP contribution in [0.4, 0.5) is 14.6 Å². The summed E-state index contributed by atoms with van der Waals surface area (Å²) in [7, 11) is 0. The lowest BCUT2D eigenvalue weighted by Crippen LogP contribution is -2.48. The van der Waals surface area contributed by atoms with Gasteiger partial charge in [-0.05, 0) is 43.2 Å². The number of aryl methyl sites for hydroxylation is 1. The first-order valence-corrected chi connectivity index (χ1v) is 11.6. The highest BCUT2D eigenvalue weighted by Gasteiger charge is 2.39. The van der Waals surface area contributed by atoms with Crippen LogP contribution in [0.1, 0.15) is 62.9 Å². The summed E-state index contributed by atoms with van der Waals surface area (Å²) in [6.45, 7) is 9.48. The molecular weight excluding hydrogens is 410 g/mol. The van der Waals surface area contributed by atoms with Gasteiger partial charge in [0.2, 0.25) is 5.91 Å². The number of halogens is 2. The van der Waals surface area contributed by atoms with Crippen LogP contribution in [0.15, 0.2) is 30.3 Å². The fraction of sp³-hybridized carbons (Fsp3) is 0.600. The highest BCUT2D eigenvalue weighted by Crippen LogP contribution is 2.38. The molecule has 0 aliphatic carbocycles. The predicted octanol–water partition coefficient (Wildman–Crippen LogP) is 4.96. The molecule has 32 heavy (non-hydrogen) atoms. The Hall–Kier alpha value is -2.44. The van der Waals surface area contributed by atoms with Gasteiger partial charge < -0.3 is 10.2 Å². The number of aromatic nitrogens is 2. The van der Waals surface area contributed by atoms with Crippen LogP contribution in [-0.2, 0) is 16.6 Å². The van der Waals surface area contributed by atoms with Gasteiger partial charge in [-0.15, -0.1) is 0 Å². The molecule has 0 saturated carbocycles. The van der Waals surface area contributed by atoms with E-state index in [-0.39, 0.29) is 23.3 Å². The highest BCUT2D eigenvalue weighted by molar-refractivity contribution is 5.79. The number of hydrogen-bond donors (Lipinski definition) is 1. The maximum Gasteiger partial charge on any atom is 0.260 e. The van der Waals surface area contributed by atoms with Crippen LogP contribution in [0.2, 0.25) is 0 Å². The molecular formula is C25H34F2N4O. The van der Waals surface area contributed by atoms with Crippen molar-refractivity contribution < 1.29 is 13.6 Å². The van der Waals surface area contributed by atoms with Crippen molar-refractivity contribution in [2.45, 2.75) is 77.3 Å². The first kappa shape index (κ1) is 22.7. The van der Waals surface area contributed by atoms with Crippen LogP contribution in [0.5, 0.6) is 0 Å². The van der Waals surface area contributed by atoms with E-state index in [4.69, 9.17) is 0 Å². The van der Waals surface area contributed by atoms with Gasteiger partial charge in [0.05, 0.1) is 12.1 Å². The summed E-state index contributed by atoms with van der Waals surface area (Å²) in [6, 6.07) is 8.83. The van der Waals surface area contributed by atoms with Crippen molar-refractivity contribution in [2.75, 3.05) is 18.4 Å². The maximum atomic E-state index is 14.0. The number of nitrogens with one attached hydrogen (secondary N) is 1. The molecule has 4 rings (SSSR count). The summed E-state index contributed by atoms with van der Waals surface area (Å²) in [5, 5.41) is 8.00. The molecule has 1 fully saturated rings. The number of fused-ring (bicyclic) bond motifs is 1. The lowest BCUT2D eigenvalue weighted by Gasteiger charge is -2.41. The predicted molar refractivity (Wildman–Crippen MR) is 122 cm³/mol. The van der Waals surface area contributed by atoms with Crippen LogP contribution < -0.4 is 5.32 Å². The van der Waals surface area contributed by atoms with Crippen molar-refractivity contribution in [1.29, 1.82) is 0 Å². The molecule has 0 spiro atoms. The van der Waals surface area contributed by atoms with E-state index >= 15 is 0 Å². The highest BCUT2D eigenvalue weighted by atomic mass is 19.3. The fourth-order valence-corrected chi connectivity index (χ4v) is 4.90. The largest absolute Gasteiger partial charge is 0.367 e. The third-order valence-electron chi connectivity index (χ3n) is 6.92. The van der Waals surface area contributed by atoms with Gasteiger partial charge in [-0.3, -0.25) is 4.79 Å². The van der Waals surface area contributed by atoms with E-state index in [1.807, 2.05) is 62.9 Å². The van der Waals surface area contributed by atoms with Crippen molar-refractivity contribution >= 4 is 11.7 Å². The SMILES string of the molecule is Cc1ccccc1CC(=O)N1CCC[C@H]([C@@H]2C[C@H](C(F)F)n3nc(C(C)(C)C)cc3N2)C1. The molecule has 1 aromatic carbocycles. The molecule has 2 aromatic rings. The first-order chi connectivity index (χ1) is 15.1. The van der Waals surface area contributed by atoms with Gasteiger partial charge in [0.15, 0.2) is 0 Å². The Bertz CT molecular complexity index is 965. The number of nitrogens with zero attached hydrogens (tertiary/aromatic N) is 3. The van der Waals surface area contributed by atoms with Crippen molar-refractivity contribution in [1.82, 2.24) is 14.7 Å². The number of alkyl halides is 2. The van der Waals surface area contributed by atoms with E-state index in [2.05, 4.69) is 10.4 Å². The van der Waals surface area contributed by atoms with Gasteiger partial charge >= 0.3 is 0 Å². The normalized spacial score (nSPS) is 23.7. The second-order valence-electron chi connectivity index (χ2n) is 10.3. The summed E-state index contributed by atoms with van der Waals surface area (Å²) < 4.78 is 29.4. The third-order valence-corrected chi connectivity index (χ3v) is 6.92. The van der Waals surface area contributed by atoms with Crippen molar-refractivity contribution in [3.05, 3.63) is 47.2 Å². The summed E-state index contributed by atoms with van der Waals surface area (Å²) in [6.07, 6.45) is 0.0589. The lowest BCUT2D eigenvalue weighted by atomic mass is 9.85. The van der Waals surface area contributed by atoms with E-state index in [0.29, 0.717) is 25.2 Å². The van der Waals surface area contributed by atoms with Crippen molar-refractivity contribution in [2.24, 2.45) is 5.92 Å². The van der Waals surface area contributed by atoms with Gasteiger partial charge in [-0.25, -0.2) is 13.5 Å². The summed E-state index contributed by atoms with van der Waals surface area (Å²) in [5.74, 6) is 0.928. The number of carbonyl (C=O) groups excluding carboxylic acids is 1. The number of anilines is 1. The molecule has 2 aliphatic rings. The summed E-state index contributed by atoms with van der Waals surface area (Å²) >= 11 is 0. The Morgan fingerprint density at radius 2 is 2.03 bits per heavy atom. The average Bonchev–Trinajstić information content (AvgIpc) is 3.19. The van der Waals surface area contributed by atoms with Crippen LogP contribution in [-0.4, -0.2) is 46.1 Å². The number of hydrogen-bond acceptors (Lipinski definition) is 3. The Morgan fingerprint density at radius 1 is 1.28 bits per heavy atom. The zero-order valence-electron chi connectivity index (χ0n) is 19.4. The molecule has 3 heterocycles. The Labute approximate surface area is 189 Å². The quantitative estimate of drug-likeness (QED) is 0.725. The molecule has 1 saturated heterocycles. The molecule has 5 nitrogen and oxygen atoms in total. The number of rotatable bonds is 4. The van der Waals surface area contributed by atoms with Gasteiger partial charge in [0.25, 0.3) is 6.43 Å². The van der Waals surface area contributed by atoms with E-state index in [9.17, 15) is 13.6 Å². The van der Waals surface area contributed by atoms with E-state index in [1.54, 1.807) is 0 Å². The molecule has 1 amide bonds. The lowest BCUT2D eigenvalue weighted by molar-refractivity contribution is -0.132. The smallest absolute Gasteiger partial charge is 0.260 e. The standard InChI is InChI=1S/C25H34F2N4O/c1-16-8-5-6-9-17(16)12-23(32)30-11-7-10-18(15-30)19-13-20(24(26)27)31-22(28-19)14-21(29-31)25(2,3)4/h5-6,8-9,14,18-20,24,28H,7,10-13,15H2,1-4H3/t18-,19-,20+/m0/s1. The first-order valence-electron chi connectivity index (χ1n) is 11.6. The van der Waals surface area contributed by atoms with E-state index in [1.165, 1.54) is 4.68 Å². The minimum absolute atomic E-state index is 0.0971. The molecule has 0 unspecified atom stereocenters. The minimum Gasteiger partial charge on any atom is -0.367 e. The molecule has 7 heteroatoms. The number of amides is 1. The average molecular weight is 445 g/mol.